The third-order valence-electron chi connectivity index (χ3n) is 5.55. The fourth-order valence-electron chi connectivity index (χ4n) is 4.18. The van der Waals surface area contributed by atoms with Crippen LogP contribution in [-0.2, 0) is 9.59 Å². The van der Waals surface area contributed by atoms with E-state index in [0.29, 0.717) is 43.3 Å². The van der Waals surface area contributed by atoms with Crippen LogP contribution in [0.4, 0.5) is 5.69 Å². The Morgan fingerprint density at radius 2 is 1.67 bits per heavy atom. The lowest BCUT2D eigenvalue weighted by Crippen LogP contribution is -2.40. The summed E-state index contributed by atoms with van der Waals surface area (Å²) in [4.78, 5) is 25.0. The molecule has 3 rings (SSSR count). The summed E-state index contributed by atoms with van der Waals surface area (Å²) in [6, 6.07) is 5.55. The second-order valence-corrected chi connectivity index (χ2v) is 7.74. The first-order valence-electron chi connectivity index (χ1n) is 10.4. The molecule has 1 aromatic rings. The Balaban J connectivity index is 1.67. The molecule has 0 saturated heterocycles. The van der Waals surface area contributed by atoms with E-state index >= 15 is 0 Å². The van der Waals surface area contributed by atoms with Crippen LogP contribution in [-0.4, -0.2) is 24.9 Å². The van der Waals surface area contributed by atoms with E-state index in [1.807, 2.05) is 18.2 Å². The van der Waals surface area contributed by atoms with Gasteiger partial charge in [0.05, 0.1) is 13.2 Å². The van der Waals surface area contributed by atoms with Gasteiger partial charge < -0.3 is 14.8 Å². The number of Topliss-reactive ketones (excluding diaryl/α,β-unsaturated/α-hetero) is 1. The van der Waals surface area contributed by atoms with Gasteiger partial charge in [0.2, 0.25) is 5.91 Å². The Bertz CT molecular complexity index is 656. The van der Waals surface area contributed by atoms with Crippen LogP contribution in [0, 0.1) is 17.8 Å². The van der Waals surface area contributed by atoms with Gasteiger partial charge in [-0.2, -0.15) is 0 Å². The molecule has 2 bridgehead atoms. The molecule has 0 spiro atoms. The van der Waals surface area contributed by atoms with Crippen molar-refractivity contribution in [2.24, 2.45) is 17.8 Å². The number of carbonyl (C=O) groups is 2. The average Bonchev–Trinajstić information content (AvgIpc) is 2.65. The first-order chi connectivity index (χ1) is 13.1. The van der Waals surface area contributed by atoms with Gasteiger partial charge in [0.15, 0.2) is 11.5 Å². The van der Waals surface area contributed by atoms with Crippen LogP contribution in [0.2, 0.25) is 0 Å². The minimum Gasteiger partial charge on any atom is -0.490 e. The standard InChI is InChI=1S/C22H31NO4/c1-3-10-26-19-9-8-18(14-20(19)27-11-4-2)23-22(25)17-12-15-6-5-7-16(13-17)21(15)24/h8-9,14-17H,3-7,10-13H2,1-2H3,(H,23,25). The maximum atomic E-state index is 12.8. The molecule has 0 aromatic heterocycles. The van der Waals surface area contributed by atoms with Gasteiger partial charge in [-0.1, -0.05) is 20.3 Å². The Labute approximate surface area is 161 Å². The number of hydrogen-bond donors (Lipinski definition) is 1. The smallest absolute Gasteiger partial charge is 0.227 e. The SMILES string of the molecule is CCCOc1ccc(NC(=O)C2CC3CCCC(C2)C3=O)cc1OCCC. The molecule has 1 amide bonds. The quantitative estimate of drug-likeness (QED) is 0.723. The number of ether oxygens (including phenoxy) is 2. The molecule has 27 heavy (non-hydrogen) atoms. The minimum absolute atomic E-state index is 0.0167. The molecule has 0 aliphatic heterocycles. The summed E-state index contributed by atoms with van der Waals surface area (Å²) in [5.74, 6) is 1.87. The lowest BCUT2D eigenvalue weighted by Gasteiger charge is -2.36. The third kappa shape index (κ3) is 4.82. The molecular weight excluding hydrogens is 342 g/mol. The van der Waals surface area contributed by atoms with Gasteiger partial charge in [0.25, 0.3) is 0 Å². The van der Waals surface area contributed by atoms with Crippen LogP contribution < -0.4 is 14.8 Å². The predicted octanol–water partition coefficient (Wildman–Crippen LogP) is 4.60. The molecule has 148 valence electrons. The highest BCUT2D eigenvalue weighted by Gasteiger charge is 2.41. The predicted molar refractivity (Wildman–Crippen MR) is 105 cm³/mol. The van der Waals surface area contributed by atoms with Crippen molar-refractivity contribution in [2.45, 2.75) is 58.8 Å². The number of benzene rings is 1. The number of hydrogen-bond acceptors (Lipinski definition) is 4. The number of ketones is 1. The molecule has 2 aliphatic rings. The van der Waals surface area contributed by atoms with E-state index in [1.165, 1.54) is 0 Å². The molecule has 1 aromatic carbocycles. The van der Waals surface area contributed by atoms with E-state index in [0.717, 1.165) is 37.8 Å². The van der Waals surface area contributed by atoms with Gasteiger partial charge >= 0.3 is 0 Å². The maximum Gasteiger partial charge on any atom is 0.227 e. The molecule has 0 heterocycles. The molecule has 2 saturated carbocycles. The summed E-state index contributed by atoms with van der Waals surface area (Å²) in [5.41, 5.74) is 0.719. The first-order valence-corrected chi connectivity index (χ1v) is 10.4. The number of amides is 1. The lowest BCUT2D eigenvalue weighted by atomic mass is 9.67. The lowest BCUT2D eigenvalue weighted by molar-refractivity contribution is -0.136. The first kappa shape index (κ1) is 19.7. The van der Waals surface area contributed by atoms with Gasteiger partial charge in [-0.05, 0) is 50.7 Å². The largest absolute Gasteiger partial charge is 0.490 e. The van der Waals surface area contributed by atoms with Crippen LogP contribution in [0.1, 0.15) is 58.8 Å². The van der Waals surface area contributed by atoms with Crippen molar-refractivity contribution in [3.8, 4) is 11.5 Å². The molecule has 2 aliphatic carbocycles. The Morgan fingerprint density at radius 3 is 2.30 bits per heavy atom. The van der Waals surface area contributed by atoms with E-state index in [1.54, 1.807) is 0 Å². The van der Waals surface area contributed by atoms with Gasteiger partial charge in [-0.25, -0.2) is 0 Å². The zero-order valence-electron chi connectivity index (χ0n) is 16.5. The summed E-state index contributed by atoms with van der Waals surface area (Å²) >= 11 is 0. The van der Waals surface area contributed by atoms with Gasteiger partial charge in [-0.15, -0.1) is 0 Å². The number of anilines is 1. The number of nitrogens with one attached hydrogen (secondary N) is 1. The zero-order valence-corrected chi connectivity index (χ0v) is 16.5. The van der Waals surface area contributed by atoms with Crippen LogP contribution in [0.25, 0.3) is 0 Å². The van der Waals surface area contributed by atoms with Gasteiger partial charge in [0, 0.05) is 29.5 Å². The van der Waals surface area contributed by atoms with Crippen LogP contribution >= 0.6 is 0 Å². The van der Waals surface area contributed by atoms with Crippen molar-refractivity contribution in [1.82, 2.24) is 0 Å². The van der Waals surface area contributed by atoms with E-state index in [9.17, 15) is 9.59 Å². The minimum atomic E-state index is -0.0750. The average molecular weight is 373 g/mol. The van der Waals surface area contributed by atoms with Crippen molar-refractivity contribution in [3.05, 3.63) is 18.2 Å². The van der Waals surface area contributed by atoms with Crippen LogP contribution in [0.5, 0.6) is 11.5 Å². The molecule has 0 radical (unpaired) electrons. The summed E-state index contributed by atoms with van der Waals surface area (Å²) in [6.07, 6.45) is 6.22. The fourth-order valence-corrected chi connectivity index (χ4v) is 4.18. The van der Waals surface area contributed by atoms with Crippen molar-refractivity contribution in [2.75, 3.05) is 18.5 Å². The van der Waals surface area contributed by atoms with E-state index < -0.39 is 0 Å². The fraction of sp³-hybridized carbons (Fsp3) is 0.636. The van der Waals surface area contributed by atoms with E-state index in [2.05, 4.69) is 19.2 Å². The Kier molecular flexibility index (Phi) is 6.75. The second-order valence-electron chi connectivity index (χ2n) is 7.74. The number of fused-ring (bicyclic) bond motifs is 2. The summed E-state index contributed by atoms with van der Waals surface area (Å²) in [5, 5.41) is 3.03. The summed E-state index contributed by atoms with van der Waals surface area (Å²) < 4.78 is 11.6. The molecule has 2 fully saturated rings. The van der Waals surface area contributed by atoms with E-state index in [-0.39, 0.29) is 23.7 Å². The highest BCUT2D eigenvalue weighted by Crippen LogP contribution is 2.40. The monoisotopic (exact) mass is 373 g/mol. The van der Waals surface area contributed by atoms with Crippen molar-refractivity contribution < 1.29 is 19.1 Å². The highest BCUT2D eigenvalue weighted by molar-refractivity contribution is 5.95. The molecule has 5 nitrogen and oxygen atoms in total. The topological polar surface area (TPSA) is 64.6 Å². The Hall–Kier alpha value is -2.04. The van der Waals surface area contributed by atoms with Crippen molar-refractivity contribution in [3.63, 3.8) is 0 Å². The van der Waals surface area contributed by atoms with Gasteiger partial charge in [-0.3, -0.25) is 9.59 Å². The molecule has 5 heteroatoms. The molecular formula is C22H31NO4. The van der Waals surface area contributed by atoms with Crippen molar-refractivity contribution >= 4 is 17.4 Å². The normalized spacial score (nSPS) is 24.4. The summed E-state index contributed by atoms with van der Waals surface area (Å²) in [6.45, 7) is 5.35. The second kappa shape index (κ2) is 9.25. The third-order valence-corrected chi connectivity index (χ3v) is 5.55. The molecule has 2 unspecified atom stereocenters. The number of carbonyl (C=O) groups excluding carboxylic acids is 2. The maximum absolute atomic E-state index is 12.8. The van der Waals surface area contributed by atoms with Gasteiger partial charge in [0.1, 0.15) is 5.78 Å². The molecule has 2 atom stereocenters. The summed E-state index contributed by atoms with van der Waals surface area (Å²) in [7, 11) is 0. The van der Waals surface area contributed by atoms with Crippen LogP contribution in [0.15, 0.2) is 18.2 Å². The van der Waals surface area contributed by atoms with E-state index in [4.69, 9.17) is 9.47 Å². The number of rotatable bonds is 8. The van der Waals surface area contributed by atoms with Crippen LogP contribution in [0.3, 0.4) is 0 Å². The Morgan fingerprint density at radius 1 is 1.04 bits per heavy atom. The zero-order chi connectivity index (χ0) is 19.2. The van der Waals surface area contributed by atoms with Crippen molar-refractivity contribution in [1.29, 1.82) is 0 Å². The molecule has 1 N–H and O–H groups in total. The highest BCUT2D eigenvalue weighted by atomic mass is 16.5.